The highest BCUT2D eigenvalue weighted by Crippen LogP contribution is 2.30. The molecule has 0 atom stereocenters. The Morgan fingerprint density at radius 2 is 1.67 bits per heavy atom. The first-order valence-corrected chi connectivity index (χ1v) is 15.1. The van der Waals surface area contributed by atoms with Crippen LogP contribution in [0.1, 0.15) is 31.9 Å². The summed E-state index contributed by atoms with van der Waals surface area (Å²) in [4.78, 5) is 35.9. The molecule has 5 aromatic rings. The molecule has 2 aromatic carbocycles. The molecule has 45 heavy (non-hydrogen) atoms. The van der Waals surface area contributed by atoms with Crippen LogP contribution in [0.2, 0.25) is 0 Å². The van der Waals surface area contributed by atoms with Crippen LogP contribution in [0.25, 0.3) is 27.6 Å². The number of rotatable bonds is 5. The van der Waals surface area contributed by atoms with Crippen LogP contribution in [0.4, 0.5) is 21.6 Å². The summed E-state index contributed by atoms with van der Waals surface area (Å²) in [6.45, 7) is 11.8. The fourth-order valence-electron chi connectivity index (χ4n) is 5.80. The van der Waals surface area contributed by atoms with E-state index in [1.807, 2.05) is 64.2 Å². The quantitative estimate of drug-likeness (QED) is 0.287. The number of anilines is 3. The molecule has 9 nitrogen and oxygen atoms in total. The normalized spacial score (nSPS) is 14.2. The first kappa shape index (κ1) is 30.2. The second-order valence-electron chi connectivity index (χ2n) is 12.9. The van der Waals surface area contributed by atoms with Gasteiger partial charge in [-0.25, -0.2) is 9.37 Å². The third-order valence-electron chi connectivity index (χ3n) is 8.61. The van der Waals surface area contributed by atoms with E-state index in [2.05, 4.69) is 32.2 Å². The smallest absolute Gasteiger partial charge is 0.282 e. The highest BCUT2D eigenvalue weighted by molar-refractivity contribution is 5.83. The fourth-order valence-corrected chi connectivity index (χ4v) is 5.80. The summed E-state index contributed by atoms with van der Waals surface area (Å²) in [5.74, 6) is 0.00231. The summed E-state index contributed by atoms with van der Waals surface area (Å²) in [6.07, 6.45) is 5.13. The van der Waals surface area contributed by atoms with Crippen molar-refractivity contribution in [2.24, 2.45) is 7.05 Å². The Morgan fingerprint density at radius 1 is 0.911 bits per heavy atom. The number of aryl methyl sites for hydroxylation is 1. The van der Waals surface area contributed by atoms with Gasteiger partial charge in [-0.2, -0.15) is 9.78 Å². The first-order chi connectivity index (χ1) is 21.4. The number of fused-ring (bicyclic) bond motifs is 1. The number of halogens is 1. The Kier molecular flexibility index (Phi) is 7.78. The van der Waals surface area contributed by atoms with Crippen molar-refractivity contribution >= 4 is 28.0 Å². The zero-order chi connectivity index (χ0) is 32.0. The van der Waals surface area contributed by atoms with Crippen LogP contribution in [-0.2, 0) is 12.5 Å². The summed E-state index contributed by atoms with van der Waals surface area (Å²) in [7, 11) is 3.82. The Hall–Kier alpha value is -4.83. The lowest BCUT2D eigenvalue weighted by Crippen LogP contribution is -2.44. The van der Waals surface area contributed by atoms with Gasteiger partial charge in [0.25, 0.3) is 11.1 Å². The molecule has 6 rings (SSSR count). The van der Waals surface area contributed by atoms with Crippen LogP contribution in [0, 0.1) is 12.7 Å². The van der Waals surface area contributed by atoms with Gasteiger partial charge in [-0.05, 0) is 72.5 Å². The number of likely N-dealkylation sites (N-methyl/N-ethyl adjacent to an activating group) is 1. The molecule has 1 aliphatic rings. The van der Waals surface area contributed by atoms with Crippen LogP contribution in [0.15, 0.2) is 76.7 Å². The average molecular weight is 608 g/mol. The van der Waals surface area contributed by atoms with E-state index in [1.54, 1.807) is 25.4 Å². The van der Waals surface area contributed by atoms with Crippen molar-refractivity contribution in [2.75, 3.05) is 43.4 Å². The SMILES string of the molecule is Cc1c(-c2cc(Nc3ccc(N4CCN(C)CC4)cn3)c(=O)n(C)c2)cccc1-n1ncc2cc(C(C)(C)C)cc(F)c2c1=O. The van der Waals surface area contributed by atoms with Crippen molar-refractivity contribution < 1.29 is 4.39 Å². The minimum Gasteiger partial charge on any atom is -0.368 e. The van der Waals surface area contributed by atoms with E-state index in [1.165, 1.54) is 21.5 Å². The van der Waals surface area contributed by atoms with Gasteiger partial charge >= 0.3 is 0 Å². The molecule has 0 spiro atoms. The van der Waals surface area contributed by atoms with Gasteiger partial charge in [-0.15, -0.1) is 0 Å². The van der Waals surface area contributed by atoms with Crippen LogP contribution >= 0.6 is 0 Å². The second kappa shape index (κ2) is 11.6. The van der Waals surface area contributed by atoms with Crippen LogP contribution < -0.4 is 21.3 Å². The van der Waals surface area contributed by atoms with E-state index < -0.39 is 11.4 Å². The Labute approximate surface area is 261 Å². The van der Waals surface area contributed by atoms with E-state index in [0.717, 1.165) is 54.1 Å². The molecule has 4 heterocycles. The summed E-state index contributed by atoms with van der Waals surface area (Å²) >= 11 is 0. The Balaban J connectivity index is 1.34. The molecule has 1 fully saturated rings. The highest BCUT2D eigenvalue weighted by atomic mass is 19.1. The lowest BCUT2D eigenvalue weighted by molar-refractivity contribution is 0.313. The minimum absolute atomic E-state index is 0.00235. The number of aromatic nitrogens is 4. The van der Waals surface area contributed by atoms with Crippen LogP contribution in [-0.4, -0.2) is 57.5 Å². The van der Waals surface area contributed by atoms with Crippen molar-refractivity contribution in [1.29, 1.82) is 0 Å². The Bertz CT molecular complexity index is 2020. The number of hydrogen-bond acceptors (Lipinski definition) is 7. The maximum absolute atomic E-state index is 15.3. The topological polar surface area (TPSA) is 88.3 Å². The van der Waals surface area contributed by atoms with E-state index >= 15 is 4.39 Å². The van der Waals surface area contributed by atoms with Gasteiger partial charge in [0.05, 0.1) is 29.2 Å². The number of nitrogens with zero attached hydrogens (tertiary/aromatic N) is 6. The number of hydrogen-bond donors (Lipinski definition) is 1. The molecule has 0 unspecified atom stereocenters. The molecule has 1 aliphatic heterocycles. The molecule has 1 N–H and O–H groups in total. The summed E-state index contributed by atoms with van der Waals surface area (Å²) in [6, 6.07) is 14.5. The molecule has 0 bridgehead atoms. The van der Waals surface area contributed by atoms with Gasteiger partial charge in [0, 0.05) is 50.4 Å². The number of pyridine rings is 2. The number of benzene rings is 2. The summed E-state index contributed by atoms with van der Waals surface area (Å²) in [5, 5.41) is 8.11. The highest BCUT2D eigenvalue weighted by Gasteiger charge is 2.20. The lowest BCUT2D eigenvalue weighted by Gasteiger charge is -2.33. The van der Waals surface area contributed by atoms with E-state index in [4.69, 9.17) is 0 Å². The van der Waals surface area contributed by atoms with Crippen LogP contribution in [0.5, 0.6) is 0 Å². The molecule has 0 amide bonds. The van der Waals surface area contributed by atoms with Gasteiger partial charge in [0.2, 0.25) is 0 Å². The van der Waals surface area contributed by atoms with Gasteiger partial charge in [0.15, 0.2) is 0 Å². The zero-order valence-electron chi connectivity index (χ0n) is 26.6. The minimum atomic E-state index is -0.564. The maximum atomic E-state index is 15.3. The third kappa shape index (κ3) is 5.85. The van der Waals surface area contributed by atoms with Crippen molar-refractivity contribution in [3.05, 3.63) is 105 Å². The summed E-state index contributed by atoms with van der Waals surface area (Å²) < 4.78 is 18.1. The largest absolute Gasteiger partial charge is 0.368 e. The molecule has 10 heteroatoms. The van der Waals surface area contributed by atoms with Crippen molar-refractivity contribution in [2.45, 2.75) is 33.1 Å². The van der Waals surface area contributed by atoms with E-state index in [-0.39, 0.29) is 16.4 Å². The fraction of sp³-hybridized carbons (Fsp3) is 0.314. The van der Waals surface area contributed by atoms with Crippen molar-refractivity contribution in [3.63, 3.8) is 0 Å². The molecule has 0 saturated carbocycles. The average Bonchev–Trinajstić information content (AvgIpc) is 3.00. The lowest BCUT2D eigenvalue weighted by atomic mass is 9.86. The standard InChI is InChI=1S/C35H38FN7O2/c1-22-27(8-7-9-30(22)43-34(45)32-23(19-38-43)16-25(18-28(32)36)35(2,3)4)24-17-29(33(44)41(6)21-24)39-31-11-10-26(20-37-31)42-14-12-40(5)13-15-42/h7-11,16-21H,12-15H2,1-6H3,(H,37,39). The zero-order valence-corrected chi connectivity index (χ0v) is 26.6. The van der Waals surface area contributed by atoms with Gasteiger partial charge in [0.1, 0.15) is 17.3 Å². The van der Waals surface area contributed by atoms with Crippen molar-refractivity contribution in [3.8, 4) is 16.8 Å². The molecular formula is C35H38FN7O2. The van der Waals surface area contributed by atoms with Gasteiger partial charge < -0.3 is 19.7 Å². The molecule has 232 valence electrons. The molecule has 3 aromatic heterocycles. The predicted molar refractivity (Wildman–Crippen MR) is 179 cm³/mol. The number of piperazine rings is 1. The monoisotopic (exact) mass is 607 g/mol. The molecule has 0 aliphatic carbocycles. The van der Waals surface area contributed by atoms with Crippen molar-refractivity contribution in [1.82, 2.24) is 24.2 Å². The van der Waals surface area contributed by atoms with Gasteiger partial charge in [-0.1, -0.05) is 32.9 Å². The predicted octanol–water partition coefficient (Wildman–Crippen LogP) is 5.39. The van der Waals surface area contributed by atoms with Crippen LogP contribution in [0.3, 0.4) is 0 Å². The van der Waals surface area contributed by atoms with E-state index in [0.29, 0.717) is 22.6 Å². The molecular weight excluding hydrogens is 569 g/mol. The Morgan fingerprint density at radius 3 is 2.36 bits per heavy atom. The second-order valence-corrected chi connectivity index (χ2v) is 12.9. The maximum Gasteiger partial charge on any atom is 0.282 e. The third-order valence-corrected chi connectivity index (χ3v) is 8.61. The molecule has 0 radical (unpaired) electrons. The molecule has 1 saturated heterocycles. The van der Waals surface area contributed by atoms with E-state index in [9.17, 15) is 9.59 Å². The summed E-state index contributed by atoms with van der Waals surface area (Å²) in [5.41, 5.74) is 4.08. The first-order valence-electron chi connectivity index (χ1n) is 15.1. The van der Waals surface area contributed by atoms with Gasteiger partial charge in [-0.3, -0.25) is 9.59 Å². The number of nitrogens with one attached hydrogen (secondary N) is 1.